The molecule has 1 saturated heterocycles. The summed E-state index contributed by atoms with van der Waals surface area (Å²) in [6.45, 7) is 0.710. The van der Waals surface area contributed by atoms with Gasteiger partial charge in [0.1, 0.15) is 11.7 Å². The van der Waals surface area contributed by atoms with Crippen LogP contribution in [0.1, 0.15) is 66.3 Å². The summed E-state index contributed by atoms with van der Waals surface area (Å²) in [5.41, 5.74) is 0.469. The topological polar surface area (TPSA) is 72.1 Å². The highest BCUT2D eigenvalue weighted by atomic mass is 16.5. The average molecular weight is 298 g/mol. The van der Waals surface area contributed by atoms with Gasteiger partial charge in [0.05, 0.1) is 0 Å². The van der Waals surface area contributed by atoms with Crippen LogP contribution in [0.2, 0.25) is 0 Å². The summed E-state index contributed by atoms with van der Waals surface area (Å²) in [5.74, 6) is 1.77. The smallest absolute Gasteiger partial charge is 0.273 e. The summed E-state index contributed by atoms with van der Waals surface area (Å²) < 4.78 is 5.45. The van der Waals surface area contributed by atoms with E-state index in [1.54, 1.807) is 12.3 Å². The van der Waals surface area contributed by atoms with Crippen LogP contribution in [0.3, 0.4) is 0 Å². The minimum Gasteiger partial charge on any atom is -0.337 e. The van der Waals surface area contributed by atoms with E-state index in [1.165, 1.54) is 0 Å². The van der Waals surface area contributed by atoms with Gasteiger partial charge in [-0.05, 0) is 44.2 Å². The van der Waals surface area contributed by atoms with Crippen LogP contribution >= 0.6 is 0 Å². The first-order chi connectivity index (χ1) is 10.8. The van der Waals surface area contributed by atoms with E-state index in [4.69, 9.17) is 4.52 Å². The van der Waals surface area contributed by atoms with Crippen molar-refractivity contribution in [3.8, 4) is 0 Å². The van der Waals surface area contributed by atoms with Gasteiger partial charge in [0, 0.05) is 18.7 Å². The van der Waals surface area contributed by atoms with Crippen molar-refractivity contribution < 1.29 is 9.32 Å². The molecule has 22 heavy (non-hydrogen) atoms. The van der Waals surface area contributed by atoms with Gasteiger partial charge in [-0.1, -0.05) is 11.2 Å². The molecule has 0 radical (unpaired) electrons. The molecule has 1 saturated carbocycles. The molecule has 2 fully saturated rings. The molecule has 4 rings (SSSR count). The lowest BCUT2D eigenvalue weighted by molar-refractivity contribution is 0.0555. The van der Waals surface area contributed by atoms with Crippen molar-refractivity contribution >= 4 is 5.91 Å². The largest absolute Gasteiger partial charge is 0.337 e. The number of amides is 1. The molecule has 0 bridgehead atoms. The van der Waals surface area contributed by atoms with E-state index < -0.39 is 0 Å². The Morgan fingerprint density at radius 2 is 2.14 bits per heavy atom. The number of carbonyl (C=O) groups excluding carboxylic acids is 1. The molecule has 1 aliphatic carbocycles. The lowest BCUT2D eigenvalue weighted by Crippen LogP contribution is -2.39. The molecular weight excluding hydrogens is 280 g/mol. The van der Waals surface area contributed by atoms with E-state index in [9.17, 15) is 4.79 Å². The Balaban J connectivity index is 1.59. The van der Waals surface area contributed by atoms with Gasteiger partial charge in [-0.25, -0.2) is 0 Å². The highest BCUT2D eigenvalue weighted by molar-refractivity contribution is 5.92. The number of likely N-dealkylation sites (tertiary alicyclic amines) is 1. The zero-order chi connectivity index (χ0) is 14.9. The molecule has 1 amide bonds. The fourth-order valence-corrected chi connectivity index (χ4v) is 2.96. The third-order valence-electron chi connectivity index (χ3n) is 4.33. The van der Waals surface area contributed by atoms with E-state index in [0.29, 0.717) is 24.0 Å². The number of nitrogens with zero attached hydrogens (tertiary/aromatic N) is 4. The third kappa shape index (κ3) is 2.49. The second-order valence-electron chi connectivity index (χ2n) is 5.99. The predicted molar refractivity (Wildman–Crippen MR) is 78.1 cm³/mol. The van der Waals surface area contributed by atoms with Crippen LogP contribution in [0.25, 0.3) is 0 Å². The standard InChI is InChI=1S/C16H18N4O2/c21-16(12-5-1-3-9-17-12)20-10-4-2-6-13(20)15-18-14(19-22-15)11-7-8-11/h1,3,5,9,11,13H,2,4,6-8,10H2. The molecule has 114 valence electrons. The average Bonchev–Trinajstić information content (AvgIpc) is 3.32. The highest BCUT2D eigenvalue weighted by Crippen LogP contribution is 2.39. The van der Waals surface area contributed by atoms with E-state index in [2.05, 4.69) is 15.1 Å². The minimum absolute atomic E-state index is 0.0588. The van der Waals surface area contributed by atoms with Crippen molar-refractivity contribution in [2.45, 2.75) is 44.1 Å². The first-order valence-corrected chi connectivity index (χ1v) is 7.88. The van der Waals surface area contributed by atoms with Crippen LogP contribution in [0.4, 0.5) is 0 Å². The highest BCUT2D eigenvalue weighted by Gasteiger charge is 2.35. The fraction of sp³-hybridized carbons (Fsp3) is 0.500. The number of carbonyl (C=O) groups is 1. The lowest BCUT2D eigenvalue weighted by Gasteiger charge is -2.33. The number of hydrogen-bond donors (Lipinski definition) is 0. The van der Waals surface area contributed by atoms with Crippen molar-refractivity contribution in [1.29, 1.82) is 0 Å². The molecule has 6 nitrogen and oxygen atoms in total. The molecule has 6 heteroatoms. The van der Waals surface area contributed by atoms with Gasteiger partial charge >= 0.3 is 0 Å². The summed E-state index contributed by atoms with van der Waals surface area (Å²) in [5, 5.41) is 4.08. The molecule has 0 aromatic carbocycles. The van der Waals surface area contributed by atoms with Gasteiger partial charge in [0.2, 0.25) is 5.89 Å². The zero-order valence-corrected chi connectivity index (χ0v) is 12.3. The Labute approximate surface area is 128 Å². The molecule has 3 heterocycles. The molecule has 2 aromatic rings. The first-order valence-electron chi connectivity index (χ1n) is 7.88. The number of hydrogen-bond acceptors (Lipinski definition) is 5. The minimum atomic E-state index is -0.122. The number of aromatic nitrogens is 3. The number of rotatable bonds is 3. The lowest BCUT2D eigenvalue weighted by atomic mass is 10.0. The van der Waals surface area contributed by atoms with E-state index in [0.717, 1.165) is 37.9 Å². The van der Waals surface area contributed by atoms with Crippen molar-refractivity contribution in [2.24, 2.45) is 0 Å². The van der Waals surface area contributed by atoms with Crippen LogP contribution < -0.4 is 0 Å². The molecule has 2 aromatic heterocycles. The van der Waals surface area contributed by atoms with Crippen LogP contribution in [0.5, 0.6) is 0 Å². The molecular formula is C16H18N4O2. The Kier molecular flexibility index (Phi) is 3.36. The maximum Gasteiger partial charge on any atom is 0.273 e. The van der Waals surface area contributed by atoms with E-state index >= 15 is 0 Å². The molecule has 1 atom stereocenters. The quantitative estimate of drug-likeness (QED) is 0.871. The third-order valence-corrected chi connectivity index (χ3v) is 4.33. The summed E-state index contributed by atoms with van der Waals surface area (Å²) in [6, 6.07) is 5.27. The summed E-state index contributed by atoms with van der Waals surface area (Å²) in [4.78, 5) is 23.2. The van der Waals surface area contributed by atoms with E-state index in [-0.39, 0.29) is 11.9 Å². The van der Waals surface area contributed by atoms with Crippen LogP contribution in [-0.4, -0.2) is 32.5 Å². The zero-order valence-electron chi connectivity index (χ0n) is 12.3. The fourth-order valence-electron chi connectivity index (χ4n) is 2.96. The molecule has 2 aliphatic rings. The second-order valence-corrected chi connectivity index (χ2v) is 5.99. The van der Waals surface area contributed by atoms with Crippen LogP contribution in [0, 0.1) is 0 Å². The van der Waals surface area contributed by atoms with Gasteiger partial charge in [0.25, 0.3) is 5.91 Å². The van der Waals surface area contributed by atoms with Crippen molar-refractivity contribution in [1.82, 2.24) is 20.0 Å². The summed E-state index contributed by atoms with van der Waals surface area (Å²) in [7, 11) is 0. The van der Waals surface area contributed by atoms with Gasteiger partial charge in [-0.3, -0.25) is 9.78 Å². The first kappa shape index (κ1) is 13.4. The van der Waals surface area contributed by atoms with Crippen LogP contribution in [-0.2, 0) is 0 Å². The van der Waals surface area contributed by atoms with Crippen molar-refractivity contribution in [3.05, 3.63) is 41.8 Å². The van der Waals surface area contributed by atoms with Gasteiger partial charge in [-0.2, -0.15) is 4.98 Å². The Hall–Kier alpha value is -2.24. The molecule has 1 aliphatic heterocycles. The SMILES string of the molecule is O=C(c1ccccn1)N1CCCCC1c1nc(C2CC2)no1. The number of piperidine rings is 1. The molecule has 1 unspecified atom stereocenters. The summed E-state index contributed by atoms with van der Waals surface area (Å²) in [6.07, 6.45) is 6.85. The van der Waals surface area contributed by atoms with Crippen molar-refractivity contribution in [2.75, 3.05) is 6.54 Å². The predicted octanol–water partition coefficient (Wildman–Crippen LogP) is 2.71. The maximum atomic E-state index is 12.7. The molecule has 0 N–H and O–H groups in total. The number of pyridine rings is 1. The van der Waals surface area contributed by atoms with Crippen LogP contribution in [0.15, 0.2) is 28.9 Å². The monoisotopic (exact) mass is 298 g/mol. The molecule has 0 spiro atoms. The van der Waals surface area contributed by atoms with Crippen molar-refractivity contribution in [3.63, 3.8) is 0 Å². The maximum absolute atomic E-state index is 12.7. The normalized spacial score (nSPS) is 21.8. The Morgan fingerprint density at radius 3 is 2.91 bits per heavy atom. The summed E-state index contributed by atoms with van der Waals surface area (Å²) >= 11 is 0. The Bertz CT molecular complexity index is 666. The Morgan fingerprint density at radius 1 is 1.23 bits per heavy atom. The van der Waals surface area contributed by atoms with Gasteiger partial charge < -0.3 is 9.42 Å². The van der Waals surface area contributed by atoms with Gasteiger partial charge in [-0.15, -0.1) is 0 Å². The second kappa shape index (κ2) is 5.51. The van der Waals surface area contributed by atoms with Gasteiger partial charge in [0.15, 0.2) is 5.82 Å². The van der Waals surface area contributed by atoms with E-state index in [1.807, 2.05) is 17.0 Å².